The molecule has 3 heterocycles. The highest BCUT2D eigenvalue weighted by Gasteiger charge is 2.42. The number of morpholine rings is 1. The molecule has 0 radical (unpaired) electrons. The smallest absolute Gasteiger partial charge is 0.366 e. The minimum absolute atomic E-state index is 0.0581. The summed E-state index contributed by atoms with van der Waals surface area (Å²) in [6.45, 7) is 5.48. The molecule has 0 amide bonds. The van der Waals surface area contributed by atoms with Gasteiger partial charge in [0.15, 0.2) is 5.65 Å². The van der Waals surface area contributed by atoms with Crippen molar-refractivity contribution in [3.8, 4) is 0 Å². The van der Waals surface area contributed by atoms with Crippen LogP contribution in [-0.2, 0) is 4.74 Å². The molecule has 2 aliphatic rings. The lowest BCUT2D eigenvalue weighted by Gasteiger charge is -2.29. The van der Waals surface area contributed by atoms with Crippen LogP contribution in [-0.4, -0.2) is 40.0 Å². The summed E-state index contributed by atoms with van der Waals surface area (Å²) in [5.74, 6) is -1.12. The summed E-state index contributed by atoms with van der Waals surface area (Å²) < 4.78 is 46.6. The van der Waals surface area contributed by atoms with E-state index in [1.165, 1.54) is 0 Å². The second-order valence-electron chi connectivity index (χ2n) is 7.85. The minimum atomic E-state index is -4.09. The van der Waals surface area contributed by atoms with Crippen LogP contribution in [0.4, 0.5) is 13.2 Å². The number of rotatable bonds is 2. The maximum Gasteiger partial charge on any atom is 0.391 e. The Morgan fingerprint density at radius 1 is 1.15 bits per heavy atom. The molecule has 1 aliphatic carbocycles. The van der Waals surface area contributed by atoms with Gasteiger partial charge in [-0.1, -0.05) is 0 Å². The van der Waals surface area contributed by atoms with Crippen LogP contribution in [0.2, 0.25) is 0 Å². The standard InChI is InChI=1S/C19H25F3N4O/c1-11-7-16(17-10-23-9-12(2)27-17)26-18(24-11)8-15(25-26)13-3-5-14(6-4-13)19(20,21)22/h7-8,12-14,17,23H,3-6,9-10H2,1-2H3/t12-,13?,14?,17-/m1/s1. The van der Waals surface area contributed by atoms with Crippen molar-refractivity contribution in [3.05, 3.63) is 29.2 Å². The number of nitrogens with zero attached hydrogens (tertiary/aromatic N) is 3. The van der Waals surface area contributed by atoms with Gasteiger partial charge in [0.05, 0.1) is 23.4 Å². The SMILES string of the molecule is Cc1cc([C@H]2CNC[C@@H](C)O2)n2nc(C3CCC(C(F)(F)F)CC3)cc2n1. The first-order chi connectivity index (χ1) is 12.8. The Morgan fingerprint density at radius 2 is 1.89 bits per heavy atom. The highest BCUT2D eigenvalue weighted by Crippen LogP contribution is 2.42. The van der Waals surface area contributed by atoms with Crippen molar-refractivity contribution in [2.24, 2.45) is 5.92 Å². The third-order valence-electron chi connectivity index (χ3n) is 5.70. The van der Waals surface area contributed by atoms with Gasteiger partial charge in [-0.25, -0.2) is 9.50 Å². The number of nitrogens with one attached hydrogen (secondary N) is 1. The number of hydrogen-bond donors (Lipinski definition) is 1. The average Bonchev–Trinajstić information content (AvgIpc) is 3.04. The first kappa shape index (κ1) is 18.7. The lowest BCUT2D eigenvalue weighted by molar-refractivity contribution is -0.182. The Bertz CT molecular complexity index is 811. The second kappa shape index (κ2) is 7.05. The number of fused-ring (bicyclic) bond motifs is 1. The monoisotopic (exact) mass is 382 g/mol. The van der Waals surface area contributed by atoms with Gasteiger partial charge in [0.2, 0.25) is 0 Å². The van der Waals surface area contributed by atoms with Crippen LogP contribution in [0.1, 0.15) is 61.7 Å². The molecule has 2 fully saturated rings. The molecule has 0 unspecified atom stereocenters. The summed E-state index contributed by atoms with van der Waals surface area (Å²) in [4.78, 5) is 4.56. The Balaban J connectivity index is 1.60. The van der Waals surface area contributed by atoms with E-state index in [1.54, 1.807) is 0 Å². The lowest BCUT2D eigenvalue weighted by Crippen LogP contribution is -2.39. The van der Waals surface area contributed by atoms with Crippen LogP contribution in [0.25, 0.3) is 5.65 Å². The number of alkyl halides is 3. The van der Waals surface area contributed by atoms with Crippen LogP contribution in [0.3, 0.4) is 0 Å². The Kier molecular flexibility index (Phi) is 4.88. The molecule has 148 valence electrons. The van der Waals surface area contributed by atoms with Crippen molar-refractivity contribution in [2.45, 2.75) is 63.8 Å². The summed E-state index contributed by atoms with van der Waals surface area (Å²) in [5, 5.41) is 8.09. The van der Waals surface area contributed by atoms with Gasteiger partial charge in [-0.05, 0) is 45.6 Å². The van der Waals surface area contributed by atoms with Crippen LogP contribution in [0.5, 0.6) is 0 Å². The molecule has 27 heavy (non-hydrogen) atoms. The molecule has 4 rings (SSSR count). The van der Waals surface area contributed by atoms with Gasteiger partial charge in [0.1, 0.15) is 6.10 Å². The van der Waals surface area contributed by atoms with E-state index >= 15 is 0 Å². The van der Waals surface area contributed by atoms with Crippen molar-refractivity contribution in [1.82, 2.24) is 19.9 Å². The molecule has 8 heteroatoms. The third kappa shape index (κ3) is 3.82. The molecule has 5 nitrogen and oxygen atoms in total. The number of aromatic nitrogens is 3. The van der Waals surface area contributed by atoms with Crippen LogP contribution in [0.15, 0.2) is 12.1 Å². The number of halogens is 3. The van der Waals surface area contributed by atoms with E-state index in [0.29, 0.717) is 19.4 Å². The van der Waals surface area contributed by atoms with E-state index in [4.69, 9.17) is 9.84 Å². The zero-order chi connectivity index (χ0) is 19.2. The van der Waals surface area contributed by atoms with Gasteiger partial charge in [-0.3, -0.25) is 0 Å². The summed E-state index contributed by atoms with van der Waals surface area (Å²) in [5.41, 5.74) is 3.39. The molecular formula is C19H25F3N4O. The molecule has 1 saturated heterocycles. The minimum Gasteiger partial charge on any atom is -0.366 e. The second-order valence-corrected chi connectivity index (χ2v) is 7.85. The fourth-order valence-electron chi connectivity index (χ4n) is 4.26. The van der Waals surface area contributed by atoms with E-state index in [1.807, 2.05) is 30.5 Å². The third-order valence-corrected chi connectivity index (χ3v) is 5.70. The first-order valence-electron chi connectivity index (χ1n) is 9.61. The molecule has 1 saturated carbocycles. The molecule has 2 atom stereocenters. The summed E-state index contributed by atoms with van der Waals surface area (Å²) >= 11 is 0. The van der Waals surface area contributed by atoms with Crippen molar-refractivity contribution in [1.29, 1.82) is 0 Å². The van der Waals surface area contributed by atoms with Crippen LogP contribution >= 0.6 is 0 Å². The maximum absolute atomic E-state index is 12.9. The van der Waals surface area contributed by atoms with Gasteiger partial charge in [0.25, 0.3) is 0 Å². The van der Waals surface area contributed by atoms with E-state index in [2.05, 4.69) is 10.3 Å². The molecule has 0 aromatic carbocycles. The molecule has 0 spiro atoms. The Hall–Kier alpha value is -1.67. The first-order valence-corrected chi connectivity index (χ1v) is 9.61. The normalized spacial score (nSPS) is 30.0. The molecule has 0 bridgehead atoms. The zero-order valence-electron chi connectivity index (χ0n) is 15.6. The zero-order valence-corrected chi connectivity index (χ0v) is 15.6. The van der Waals surface area contributed by atoms with Gasteiger partial charge >= 0.3 is 6.18 Å². The number of ether oxygens (including phenoxy) is 1. The Labute approximate surface area is 156 Å². The van der Waals surface area contributed by atoms with E-state index in [-0.39, 0.29) is 31.0 Å². The topological polar surface area (TPSA) is 51.5 Å². The molecule has 2 aromatic heterocycles. The predicted molar refractivity (Wildman–Crippen MR) is 94.6 cm³/mol. The largest absolute Gasteiger partial charge is 0.391 e. The molecule has 1 N–H and O–H groups in total. The van der Waals surface area contributed by atoms with Crippen molar-refractivity contribution < 1.29 is 17.9 Å². The molecule has 1 aliphatic heterocycles. The van der Waals surface area contributed by atoms with E-state index in [9.17, 15) is 13.2 Å². The fourth-order valence-corrected chi connectivity index (χ4v) is 4.26. The highest BCUT2D eigenvalue weighted by molar-refractivity contribution is 5.43. The average molecular weight is 382 g/mol. The summed E-state index contributed by atoms with van der Waals surface area (Å²) in [7, 11) is 0. The fraction of sp³-hybridized carbons (Fsp3) is 0.684. The number of aryl methyl sites for hydroxylation is 1. The van der Waals surface area contributed by atoms with Crippen molar-refractivity contribution in [3.63, 3.8) is 0 Å². The Morgan fingerprint density at radius 3 is 2.56 bits per heavy atom. The quantitative estimate of drug-likeness (QED) is 0.855. The van der Waals surface area contributed by atoms with Crippen molar-refractivity contribution in [2.75, 3.05) is 13.1 Å². The van der Waals surface area contributed by atoms with Crippen LogP contribution < -0.4 is 5.32 Å². The molecule has 2 aromatic rings. The highest BCUT2D eigenvalue weighted by atomic mass is 19.4. The number of hydrogen-bond acceptors (Lipinski definition) is 4. The van der Waals surface area contributed by atoms with Gasteiger partial charge < -0.3 is 10.1 Å². The van der Waals surface area contributed by atoms with Crippen molar-refractivity contribution >= 4 is 5.65 Å². The summed E-state index contributed by atoms with van der Waals surface area (Å²) in [6, 6.07) is 3.91. The maximum atomic E-state index is 12.9. The van der Waals surface area contributed by atoms with Gasteiger partial charge in [0, 0.05) is 30.8 Å². The summed E-state index contributed by atoms with van der Waals surface area (Å²) in [6.07, 6.45) is -2.71. The lowest BCUT2D eigenvalue weighted by atomic mass is 9.80. The predicted octanol–water partition coefficient (Wildman–Crippen LogP) is 3.92. The van der Waals surface area contributed by atoms with E-state index in [0.717, 1.165) is 29.3 Å². The van der Waals surface area contributed by atoms with Gasteiger partial charge in [-0.15, -0.1) is 0 Å². The van der Waals surface area contributed by atoms with E-state index < -0.39 is 12.1 Å². The molecular weight excluding hydrogens is 357 g/mol. The van der Waals surface area contributed by atoms with Gasteiger partial charge in [-0.2, -0.15) is 18.3 Å². The van der Waals surface area contributed by atoms with Crippen LogP contribution in [0, 0.1) is 12.8 Å².